The molecule has 0 atom stereocenters. The van der Waals surface area contributed by atoms with Crippen molar-refractivity contribution in [1.29, 1.82) is 0 Å². The number of benzene rings is 1. The van der Waals surface area contributed by atoms with Crippen LogP contribution in [0, 0.1) is 6.92 Å². The number of ketones is 1. The number of hydrogen-bond donors (Lipinski definition) is 0. The lowest BCUT2D eigenvalue weighted by Gasteiger charge is -2.09. The van der Waals surface area contributed by atoms with Crippen LogP contribution in [-0.4, -0.2) is 5.78 Å². The number of Topliss-reactive ketones (excluding diaryl/α,β-unsaturated/α-hetero) is 1. The summed E-state index contributed by atoms with van der Waals surface area (Å²) < 4.78 is 36.6. The van der Waals surface area contributed by atoms with Gasteiger partial charge in [0, 0.05) is 5.56 Å². The van der Waals surface area contributed by atoms with Gasteiger partial charge >= 0.3 is 6.18 Å². The highest BCUT2D eigenvalue weighted by Crippen LogP contribution is 2.30. The smallest absolute Gasteiger partial charge is 0.295 e. The topological polar surface area (TPSA) is 17.1 Å². The first-order valence-electron chi connectivity index (χ1n) is 4.01. The van der Waals surface area contributed by atoms with Crippen LogP contribution in [0.2, 0.25) is 0 Å². The van der Waals surface area contributed by atoms with Crippen LogP contribution >= 0.6 is 0 Å². The van der Waals surface area contributed by atoms with Gasteiger partial charge in [-0.25, -0.2) is 0 Å². The summed E-state index contributed by atoms with van der Waals surface area (Å²) in [5.74, 6) is -0.226. The maximum Gasteiger partial charge on any atom is 0.416 e. The van der Waals surface area contributed by atoms with Crippen LogP contribution in [0.4, 0.5) is 13.2 Å². The maximum atomic E-state index is 12.2. The lowest BCUT2D eigenvalue weighted by atomic mass is 10.0. The highest BCUT2D eigenvalue weighted by molar-refractivity contribution is 5.95. The quantitative estimate of drug-likeness (QED) is 0.639. The van der Waals surface area contributed by atoms with Crippen molar-refractivity contribution < 1.29 is 18.0 Å². The molecule has 1 aromatic carbocycles. The zero-order valence-electron chi connectivity index (χ0n) is 7.77. The van der Waals surface area contributed by atoms with Crippen LogP contribution in [0.25, 0.3) is 0 Å². The summed E-state index contributed by atoms with van der Waals surface area (Å²) in [5.41, 5.74) is -0.0367. The Hall–Kier alpha value is -1.32. The van der Waals surface area contributed by atoms with Crippen molar-refractivity contribution >= 4 is 5.78 Å². The van der Waals surface area contributed by atoms with Crippen molar-refractivity contribution in [1.82, 2.24) is 0 Å². The largest absolute Gasteiger partial charge is 0.416 e. The van der Waals surface area contributed by atoms with Gasteiger partial charge in [0.05, 0.1) is 5.56 Å². The summed E-state index contributed by atoms with van der Waals surface area (Å²) in [5, 5.41) is 0. The molecule has 0 spiro atoms. The van der Waals surface area contributed by atoms with Crippen LogP contribution in [0.3, 0.4) is 0 Å². The van der Waals surface area contributed by atoms with Crippen LogP contribution < -0.4 is 0 Å². The molecule has 0 bridgehead atoms. The number of rotatable bonds is 1. The van der Waals surface area contributed by atoms with E-state index >= 15 is 0 Å². The van der Waals surface area contributed by atoms with E-state index in [1.807, 2.05) is 0 Å². The molecule has 0 heterocycles. The van der Waals surface area contributed by atoms with Gasteiger partial charge in [-0.15, -0.1) is 0 Å². The van der Waals surface area contributed by atoms with E-state index in [-0.39, 0.29) is 5.78 Å². The molecule has 1 nitrogen and oxygen atoms in total. The van der Waals surface area contributed by atoms with Gasteiger partial charge in [0.1, 0.15) is 0 Å². The van der Waals surface area contributed by atoms with Crippen molar-refractivity contribution in [3.8, 4) is 0 Å². The first kappa shape index (κ1) is 10.8. The maximum absolute atomic E-state index is 12.2. The fourth-order valence-electron chi connectivity index (χ4n) is 1.24. The normalized spacial score (nSPS) is 11.5. The number of alkyl halides is 3. The zero-order chi connectivity index (χ0) is 10.9. The molecular weight excluding hydrogens is 193 g/mol. The summed E-state index contributed by atoms with van der Waals surface area (Å²) in [4.78, 5) is 10.9. The van der Waals surface area contributed by atoms with Gasteiger partial charge in [-0.2, -0.15) is 13.2 Å². The molecule has 14 heavy (non-hydrogen) atoms. The molecule has 0 N–H and O–H groups in total. The second-order valence-corrected chi connectivity index (χ2v) is 3.08. The molecule has 0 aliphatic heterocycles. The summed E-state index contributed by atoms with van der Waals surface area (Å²) in [7, 11) is 0. The standard InChI is InChI=1S/C10H9F3O/c1-6-5-8(10(11,12)13)3-4-9(6)7(2)14/h3-5H,1-2H3. The summed E-state index contributed by atoms with van der Waals surface area (Å²) in [6.45, 7) is 2.82. The Labute approximate surface area is 79.5 Å². The molecule has 0 fully saturated rings. The predicted molar refractivity (Wildman–Crippen MR) is 46.2 cm³/mol. The van der Waals surface area contributed by atoms with Crippen LogP contribution in [0.5, 0.6) is 0 Å². The number of carbonyl (C=O) groups excluding carboxylic acids is 1. The molecule has 1 aromatic rings. The van der Waals surface area contributed by atoms with Gasteiger partial charge in [-0.3, -0.25) is 4.79 Å². The van der Waals surface area contributed by atoms with E-state index in [0.717, 1.165) is 12.1 Å². The van der Waals surface area contributed by atoms with Crippen LogP contribution in [-0.2, 0) is 6.18 Å². The Morgan fingerprint density at radius 3 is 2.21 bits per heavy atom. The predicted octanol–water partition coefficient (Wildman–Crippen LogP) is 3.22. The monoisotopic (exact) mass is 202 g/mol. The van der Waals surface area contributed by atoms with E-state index in [1.54, 1.807) is 0 Å². The fraction of sp³-hybridized carbons (Fsp3) is 0.300. The molecule has 0 aliphatic rings. The second-order valence-electron chi connectivity index (χ2n) is 3.08. The van der Waals surface area contributed by atoms with E-state index < -0.39 is 11.7 Å². The van der Waals surface area contributed by atoms with Gasteiger partial charge in [0.15, 0.2) is 5.78 Å². The second kappa shape index (κ2) is 3.44. The molecule has 4 heteroatoms. The third-order valence-electron chi connectivity index (χ3n) is 1.93. The Morgan fingerprint density at radius 2 is 1.86 bits per heavy atom. The van der Waals surface area contributed by atoms with Crippen LogP contribution in [0.15, 0.2) is 18.2 Å². The SMILES string of the molecule is CC(=O)c1ccc(C(F)(F)F)cc1C. The summed E-state index contributed by atoms with van der Waals surface area (Å²) >= 11 is 0. The average molecular weight is 202 g/mol. The van der Waals surface area contributed by atoms with Crippen molar-refractivity contribution in [3.05, 3.63) is 34.9 Å². The van der Waals surface area contributed by atoms with Gasteiger partial charge in [0.25, 0.3) is 0 Å². The van der Waals surface area contributed by atoms with E-state index in [4.69, 9.17) is 0 Å². The minimum absolute atomic E-state index is 0.226. The molecule has 0 saturated carbocycles. The van der Waals surface area contributed by atoms with E-state index in [2.05, 4.69) is 0 Å². The first-order valence-corrected chi connectivity index (χ1v) is 4.01. The number of halogens is 3. The Kier molecular flexibility index (Phi) is 2.64. The molecule has 0 aliphatic carbocycles. The number of aryl methyl sites for hydroxylation is 1. The summed E-state index contributed by atoms with van der Waals surface area (Å²) in [6, 6.07) is 3.11. The minimum Gasteiger partial charge on any atom is -0.295 e. The van der Waals surface area contributed by atoms with Crippen molar-refractivity contribution in [3.63, 3.8) is 0 Å². The van der Waals surface area contributed by atoms with Crippen molar-refractivity contribution in [2.24, 2.45) is 0 Å². The molecule has 0 radical (unpaired) electrons. The molecule has 76 valence electrons. The summed E-state index contributed by atoms with van der Waals surface area (Å²) in [6.07, 6.45) is -4.35. The van der Waals surface area contributed by atoms with E-state index in [9.17, 15) is 18.0 Å². The first-order chi connectivity index (χ1) is 6.32. The lowest BCUT2D eigenvalue weighted by Crippen LogP contribution is -2.06. The van der Waals surface area contributed by atoms with E-state index in [1.165, 1.54) is 19.9 Å². The van der Waals surface area contributed by atoms with E-state index in [0.29, 0.717) is 11.1 Å². The average Bonchev–Trinajstić information content (AvgIpc) is 2.01. The molecule has 1 rings (SSSR count). The lowest BCUT2D eigenvalue weighted by molar-refractivity contribution is -0.137. The number of carbonyl (C=O) groups is 1. The zero-order valence-corrected chi connectivity index (χ0v) is 7.77. The molecule has 0 aromatic heterocycles. The van der Waals surface area contributed by atoms with Crippen molar-refractivity contribution in [2.75, 3.05) is 0 Å². The molecule has 0 amide bonds. The van der Waals surface area contributed by atoms with Gasteiger partial charge < -0.3 is 0 Å². The molecule has 0 saturated heterocycles. The fourth-order valence-corrected chi connectivity index (χ4v) is 1.24. The van der Waals surface area contributed by atoms with Gasteiger partial charge in [-0.1, -0.05) is 6.07 Å². The Bertz CT molecular complexity index is 366. The number of hydrogen-bond acceptors (Lipinski definition) is 1. The minimum atomic E-state index is -4.35. The highest BCUT2D eigenvalue weighted by atomic mass is 19.4. The highest BCUT2D eigenvalue weighted by Gasteiger charge is 2.30. The third-order valence-corrected chi connectivity index (χ3v) is 1.93. The molecule has 0 unspecified atom stereocenters. The Morgan fingerprint density at radius 1 is 1.29 bits per heavy atom. The van der Waals surface area contributed by atoms with Crippen LogP contribution in [0.1, 0.15) is 28.4 Å². The molecular formula is C10H9F3O. The Balaban J connectivity index is 3.20. The van der Waals surface area contributed by atoms with Gasteiger partial charge in [0.2, 0.25) is 0 Å². The third kappa shape index (κ3) is 2.13. The van der Waals surface area contributed by atoms with Gasteiger partial charge in [-0.05, 0) is 31.5 Å². The van der Waals surface area contributed by atoms with Crippen molar-refractivity contribution in [2.45, 2.75) is 20.0 Å².